The molecule has 5 aliphatic rings. The molecular formula is C32H44N4O5. The molecule has 0 aromatic heterocycles. The first-order chi connectivity index (χ1) is 19.9. The van der Waals surface area contributed by atoms with Gasteiger partial charge in [-0.2, -0.15) is 0 Å². The summed E-state index contributed by atoms with van der Waals surface area (Å²) in [4.78, 5) is 46.3. The molecular weight excluding hydrogens is 520 g/mol. The number of carbonyl (C=O) groups excluding carboxylic acids is 3. The topological polar surface area (TPSA) is 100 Å². The number of amides is 3. The van der Waals surface area contributed by atoms with Crippen LogP contribution in [0.4, 0.5) is 5.69 Å². The summed E-state index contributed by atoms with van der Waals surface area (Å²) in [6.45, 7) is 5.38. The summed E-state index contributed by atoms with van der Waals surface area (Å²) in [5, 5.41) is 6.30. The zero-order valence-electron chi connectivity index (χ0n) is 24.3. The molecule has 1 saturated carbocycles. The quantitative estimate of drug-likeness (QED) is 0.470. The van der Waals surface area contributed by atoms with Crippen molar-refractivity contribution < 1.29 is 23.9 Å². The zero-order valence-corrected chi connectivity index (χ0v) is 24.3. The van der Waals surface area contributed by atoms with Crippen LogP contribution < -0.4 is 15.4 Å². The number of rotatable bonds is 8. The van der Waals surface area contributed by atoms with Crippen molar-refractivity contribution in [3.63, 3.8) is 0 Å². The Hall–Kier alpha value is -2.91. The number of benzene rings is 1. The third-order valence-electron chi connectivity index (χ3n) is 10.1. The van der Waals surface area contributed by atoms with Gasteiger partial charge in [-0.15, -0.1) is 0 Å². The number of likely N-dealkylation sites (tertiary alicyclic amines) is 2. The maximum atomic E-state index is 14.3. The molecule has 222 valence electrons. The van der Waals surface area contributed by atoms with Crippen LogP contribution in [0.3, 0.4) is 0 Å². The van der Waals surface area contributed by atoms with Crippen LogP contribution in [0.5, 0.6) is 5.75 Å². The molecule has 4 aliphatic heterocycles. The number of nitrogens with zero attached hydrogens (tertiary/aromatic N) is 2. The molecule has 2 N–H and O–H groups in total. The monoisotopic (exact) mass is 564 g/mol. The Bertz CT molecular complexity index is 1180. The van der Waals surface area contributed by atoms with Crippen molar-refractivity contribution in [1.82, 2.24) is 15.1 Å². The number of nitrogens with one attached hydrogen (secondary N) is 2. The fourth-order valence-corrected chi connectivity index (χ4v) is 7.84. The largest absolute Gasteiger partial charge is 0.497 e. The van der Waals surface area contributed by atoms with Crippen molar-refractivity contribution in [2.24, 2.45) is 17.8 Å². The number of anilines is 1. The Morgan fingerprint density at radius 1 is 1.05 bits per heavy atom. The number of carbonyl (C=O) groups is 3. The number of ether oxygens (including phenoxy) is 2. The fraction of sp³-hybridized carbons (Fsp3) is 0.656. The summed E-state index contributed by atoms with van der Waals surface area (Å²) in [7, 11) is 1.58. The van der Waals surface area contributed by atoms with Gasteiger partial charge in [-0.3, -0.25) is 14.4 Å². The molecule has 7 atom stereocenters. The van der Waals surface area contributed by atoms with Crippen molar-refractivity contribution in [3.05, 3.63) is 36.4 Å². The van der Waals surface area contributed by atoms with Crippen LogP contribution >= 0.6 is 0 Å². The van der Waals surface area contributed by atoms with Crippen LogP contribution in [0.1, 0.15) is 58.3 Å². The molecule has 3 saturated heterocycles. The van der Waals surface area contributed by atoms with Crippen LogP contribution in [-0.4, -0.2) is 84.6 Å². The van der Waals surface area contributed by atoms with E-state index in [2.05, 4.69) is 22.5 Å². The van der Waals surface area contributed by atoms with Crippen molar-refractivity contribution in [1.29, 1.82) is 0 Å². The van der Waals surface area contributed by atoms with E-state index in [1.54, 1.807) is 24.1 Å². The lowest BCUT2D eigenvalue weighted by molar-refractivity contribution is -0.141. The number of methoxy groups -OCH3 is 1. The predicted octanol–water partition coefficient (Wildman–Crippen LogP) is 3.36. The highest BCUT2D eigenvalue weighted by molar-refractivity contribution is 6.02. The van der Waals surface area contributed by atoms with E-state index in [0.717, 1.165) is 45.2 Å². The molecule has 6 rings (SSSR count). The van der Waals surface area contributed by atoms with Gasteiger partial charge in [0, 0.05) is 30.9 Å². The van der Waals surface area contributed by atoms with Crippen LogP contribution in [0.2, 0.25) is 0 Å². The Labute approximate surface area is 243 Å². The zero-order chi connectivity index (χ0) is 28.6. The van der Waals surface area contributed by atoms with Crippen LogP contribution in [0.15, 0.2) is 36.4 Å². The summed E-state index contributed by atoms with van der Waals surface area (Å²) < 4.78 is 11.8. The number of fused-ring (bicyclic) bond motifs is 1. The van der Waals surface area contributed by atoms with E-state index >= 15 is 0 Å². The molecule has 4 heterocycles. The molecule has 2 bridgehead atoms. The fourth-order valence-electron chi connectivity index (χ4n) is 7.84. The highest BCUT2D eigenvalue weighted by atomic mass is 16.5. The van der Waals surface area contributed by atoms with Crippen LogP contribution in [0.25, 0.3) is 0 Å². The molecule has 0 radical (unpaired) electrons. The van der Waals surface area contributed by atoms with E-state index in [1.807, 2.05) is 24.3 Å². The molecule has 9 nitrogen and oxygen atoms in total. The third-order valence-corrected chi connectivity index (χ3v) is 10.1. The lowest BCUT2D eigenvalue weighted by atomic mass is 9.74. The normalized spacial score (nSPS) is 34.8. The van der Waals surface area contributed by atoms with Gasteiger partial charge in [-0.25, -0.2) is 0 Å². The number of hydrogen-bond acceptors (Lipinski definition) is 6. The average molecular weight is 565 g/mol. The SMILES string of the molecule is COc1cccc(NC(=O)C2C3C=CC4(O3)C2C(=O)N(CCN2CCCCCC2)C4C(=O)NC2CCCCC2C)c1. The molecule has 1 aliphatic carbocycles. The van der Waals surface area contributed by atoms with E-state index < -0.39 is 29.6 Å². The maximum Gasteiger partial charge on any atom is 0.246 e. The third kappa shape index (κ3) is 5.27. The summed E-state index contributed by atoms with van der Waals surface area (Å²) in [5.41, 5.74) is -0.543. The Morgan fingerprint density at radius 2 is 1.83 bits per heavy atom. The molecule has 1 aromatic rings. The molecule has 1 spiro atoms. The minimum Gasteiger partial charge on any atom is -0.497 e. The molecule has 4 fully saturated rings. The maximum absolute atomic E-state index is 14.3. The summed E-state index contributed by atoms with van der Waals surface area (Å²) in [6.07, 6.45) is 12.3. The standard InChI is InChI=1S/C32H44N4O5/c1-21-10-5-6-13-24(21)34-30(38)28-32-15-14-25(41-32)26(29(37)33-22-11-9-12-23(20-22)40-2)27(32)31(39)36(28)19-18-35-16-7-3-4-8-17-35/h9,11-12,14-15,20-21,24-28H,3-8,10,13,16-19H2,1-2H3,(H,33,37)(H,34,38). The highest BCUT2D eigenvalue weighted by Crippen LogP contribution is 2.55. The summed E-state index contributed by atoms with van der Waals surface area (Å²) in [5.74, 6) is -1.03. The second-order valence-electron chi connectivity index (χ2n) is 12.6. The van der Waals surface area contributed by atoms with Gasteiger partial charge in [0.15, 0.2) is 0 Å². The highest BCUT2D eigenvalue weighted by Gasteiger charge is 2.72. The number of hydrogen-bond donors (Lipinski definition) is 2. The van der Waals surface area contributed by atoms with E-state index in [9.17, 15) is 14.4 Å². The van der Waals surface area contributed by atoms with Gasteiger partial charge in [0.05, 0.1) is 25.0 Å². The lowest BCUT2D eigenvalue weighted by Crippen LogP contribution is -2.58. The van der Waals surface area contributed by atoms with Gasteiger partial charge < -0.3 is 29.9 Å². The first kappa shape index (κ1) is 28.2. The van der Waals surface area contributed by atoms with Crippen LogP contribution in [-0.2, 0) is 19.1 Å². The molecule has 7 unspecified atom stereocenters. The smallest absolute Gasteiger partial charge is 0.246 e. The second-order valence-corrected chi connectivity index (χ2v) is 12.6. The minimum absolute atomic E-state index is 0.0870. The molecule has 41 heavy (non-hydrogen) atoms. The molecule has 1 aromatic carbocycles. The Balaban J connectivity index is 1.27. The first-order valence-corrected chi connectivity index (χ1v) is 15.6. The van der Waals surface area contributed by atoms with E-state index in [0.29, 0.717) is 30.4 Å². The van der Waals surface area contributed by atoms with Gasteiger partial charge in [0.1, 0.15) is 17.4 Å². The lowest BCUT2D eigenvalue weighted by Gasteiger charge is -2.36. The van der Waals surface area contributed by atoms with Crippen molar-refractivity contribution in [3.8, 4) is 5.75 Å². The van der Waals surface area contributed by atoms with Crippen molar-refractivity contribution in [2.45, 2.75) is 82.1 Å². The average Bonchev–Trinajstić information content (AvgIpc) is 3.52. The van der Waals surface area contributed by atoms with E-state index in [-0.39, 0.29) is 23.8 Å². The van der Waals surface area contributed by atoms with Crippen molar-refractivity contribution >= 4 is 23.4 Å². The van der Waals surface area contributed by atoms with Gasteiger partial charge in [0.25, 0.3) is 0 Å². The molecule has 3 amide bonds. The second kappa shape index (κ2) is 11.8. The van der Waals surface area contributed by atoms with Gasteiger partial charge >= 0.3 is 0 Å². The summed E-state index contributed by atoms with van der Waals surface area (Å²) >= 11 is 0. The predicted molar refractivity (Wildman–Crippen MR) is 155 cm³/mol. The first-order valence-electron chi connectivity index (χ1n) is 15.6. The Kier molecular flexibility index (Phi) is 8.10. The van der Waals surface area contributed by atoms with Gasteiger partial charge in [-0.1, -0.05) is 50.8 Å². The van der Waals surface area contributed by atoms with Crippen LogP contribution in [0, 0.1) is 17.8 Å². The van der Waals surface area contributed by atoms with E-state index in [1.165, 1.54) is 19.3 Å². The van der Waals surface area contributed by atoms with Gasteiger partial charge in [-0.05, 0) is 56.8 Å². The van der Waals surface area contributed by atoms with E-state index in [4.69, 9.17) is 9.47 Å². The Morgan fingerprint density at radius 3 is 2.59 bits per heavy atom. The van der Waals surface area contributed by atoms with Crippen molar-refractivity contribution in [2.75, 3.05) is 38.6 Å². The summed E-state index contributed by atoms with van der Waals surface area (Å²) in [6, 6.07) is 6.47. The minimum atomic E-state index is -1.14. The van der Waals surface area contributed by atoms with Gasteiger partial charge in [0.2, 0.25) is 17.7 Å². The molecule has 9 heteroatoms.